The molecule has 4 aromatic heterocycles. The fourth-order valence-electron chi connectivity index (χ4n) is 10.6. The van der Waals surface area contributed by atoms with Crippen molar-refractivity contribution in [3.63, 3.8) is 0 Å². The second-order valence-electron chi connectivity index (χ2n) is 19.8. The van der Waals surface area contributed by atoms with Gasteiger partial charge in [0.15, 0.2) is 5.82 Å². The molecule has 1 saturated heterocycles. The molecule has 0 spiro atoms. The molecule has 0 radical (unpaired) electrons. The molecule has 6 heterocycles. The quantitative estimate of drug-likeness (QED) is 0.136. The number of aromatic amines is 1. The van der Waals surface area contributed by atoms with Gasteiger partial charge in [0.2, 0.25) is 0 Å². The number of nitrogens with zero attached hydrogens (tertiary/aromatic N) is 7. The zero-order valence-electron chi connectivity index (χ0n) is 39.4. The molecule has 1 aliphatic carbocycles. The molecule has 3 aromatic carbocycles. The van der Waals surface area contributed by atoms with Gasteiger partial charge in [0, 0.05) is 78.2 Å². The lowest BCUT2D eigenvalue weighted by Crippen LogP contribution is -2.41. The van der Waals surface area contributed by atoms with E-state index >= 15 is 9.18 Å². The van der Waals surface area contributed by atoms with Gasteiger partial charge in [-0.15, -0.1) is 0 Å². The van der Waals surface area contributed by atoms with E-state index < -0.39 is 35.3 Å². The van der Waals surface area contributed by atoms with Gasteiger partial charge in [0.1, 0.15) is 30.0 Å². The van der Waals surface area contributed by atoms with Gasteiger partial charge >= 0.3 is 11.4 Å². The third-order valence-electron chi connectivity index (χ3n) is 14.9. The second-order valence-corrected chi connectivity index (χ2v) is 23.5. The molecule has 67 heavy (non-hydrogen) atoms. The van der Waals surface area contributed by atoms with Gasteiger partial charge in [-0.05, 0) is 124 Å². The predicted molar refractivity (Wildman–Crippen MR) is 256 cm³/mol. The highest BCUT2D eigenvalue weighted by molar-refractivity contribution is 7.72. The largest absolute Gasteiger partial charge is 0.438 e. The lowest BCUT2D eigenvalue weighted by Gasteiger charge is -2.34. The smallest absolute Gasteiger partial charge is 0.387 e. The van der Waals surface area contributed by atoms with Crippen LogP contribution in [0.25, 0.3) is 28.1 Å². The summed E-state index contributed by atoms with van der Waals surface area (Å²) in [7, 11) is -1.07. The van der Waals surface area contributed by atoms with E-state index in [1.54, 1.807) is 62.8 Å². The Bertz CT molecular complexity index is 3280. The third kappa shape index (κ3) is 7.00. The Morgan fingerprint density at radius 3 is 2.31 bits per heavy atom. The number of benzene rings is 3. The van der Waals surface area contributed by atoms with Gasteiger partial charge in [-0.3, -0.25) is 23.4 Å². The number of H-pyrrole nitrogens is 1. The van der Waals surface area contributed by atoms with Crippen LogP contribution >= 0.6 is 7.14 Å². The molecule has 10 rings (SSSR count). The van der Waals surface area contributed by atoms with Crippen LogP contribution in [0.5, 0.6) is 0 Å². The maximum absolute atomic E-state index is 15.5. The van der Waals surface area contributed by atoms with Crippen LogP contribution in [-0.2, 0) is 21.3 Å². The minimum Gasteiger partial charge on any atom is -0.387 e. The molecule has 350 valence electrons. The van der Waals surface area contributed by atoms with Crippen LogP contribution in [-0.4, -0.2) is 83.1 Å². The zero-order chi connectivity index (χ0) is 47.5. The van der Waals surface area contributed by atoms with E-state index in [2.05, 4.69) is 40.6 Å². The Morgan fingerprint density at radius 1 is 0.970 bits per heavy atom. The number of fused-ring (bicyclic) bond motifs is 2. The third-order valence-corrected chi connectivity index (χ3v) is 18.8. The number of carbonyl (C=O) groups is 1. The topological polar surface area (TPSA) is 167 Å². The van der Waals surface area contributed by atoms with Gasteiger partial charge in [0.25, 0.3) is 5.91 Å². The lowest BCUT2D eigenvalue weighted by atomic mass is 9.91. The predicted octanol–water partition coefficient (Wildman–Crippen LogP) is 8.10. The highest BCUT2D eigenvalue weighted by atomic mass is 31.2. The number of aromatic nitrogens is 7. The monoisotopic (exact) mass is 929 g/mol. The molecule has 17 heteroatoms. The standard InChI is InChI=1S/C50H57FN9O6P/c1-28-22-36(23-29(2)43(28)51)60-44(58-19-18-57(48(58)63)35-11-13-41(38(26-35)52-8)67(9,64)49(5,6)7)42-31(4)56(17-14-37(42)54-60)45(61)40-25-34-24-33(32-15-20-65-21-16-32)10-12-39(34)59(40)50(27-30(50)3)46-53-47(62)66-55-46/h10-13,18-19,22-26,30-32,52H,14-17,20-21,27H2,1-9H3,(H,53,55,62)/t30-,31-,50-,67?/m0/s1. The van der Waals surface area contributed by atoms with Gasteiger partial charge in [-0.1, -0.05) is 38.9 Å². The number of aryl methyl sites for hydroxylation is 2. The van der Waals surface area contributed by atoms with Crippen LogP contribution < -0.4 is 22.1 Å². The first-order valence-electron chi connectivity index (χ1n) is 23.1. The number of halogens is 1. The summed E-state index contributed by atoms with van der Waals surface area (Å²) < 4.78 is 46.8. The molecule has 4 atom stereocenters. The van der Waals surface area contributed by atoms with Crippen molar-refractivity contribution in [2.75, 3.05) is 38.8 Å². The van der Waals surface area contributed by atoms with Crippen molar-refractivity contribution in [1.82, 2.24) is 38.5 Å². The van der Waals surface area contributed by atoms with E-state index in [-0.39, 0.29) is 17.6 Å². The van der Waals surface area contributed by atoms with Crippen LogP contribution in [0.1, 0.15) is 110 Å². The first-order chi connectivity index (χ1) is 31.8. The number of anilines is 1. The molecule has 0 bridgehead atoms. The zero-order valence-corrected chi connectivity index (χ0v) is 40.3. The van der Waals surface area contributed by atoms with Crippen molar-refractivity contribution in [2.24, 2.45) is 5.92 Å². The fourth-order valence-corrected chi connectivity index (χ4v) is 12.3. The number of ether oxygens (including phenoxy) is 1. The summed E-state index contributed by atoms with van der Waals surface area (Å²) in [6.45, 7) is 16.8. The number of amides is 1. The average Bonchev–Trinajstić information content (AvgIpc) is 3.80. The molecule has 15 nitrogen and oxygen atoms in total. The van der Waals surface area contributed by atoms with E-state index in [0.717, 1.165) is 23.7 Å². The maximum Gasteiger partial charge on any atom is 0.438 e. The van der Waals surface area contributed by atoms with E-state index in [1.807, 2.05) is 55.4 Å². The van der Waals surface area contributed by atoms with Crippen LogP contribution in [0.2, 0.25) is 0 Å². The lowest BCUT2D eigenvalue weighted by molar-refractivity contribution is 0.0663. The van der Waals surface area contributed by atoms with Crippen LogP contribution in [0.15, 0.2) is 81.1 Å². The number of nitrogens with one attached hydrogen (secondary N) is 2. The Labute approximate surface area is 387 Å². The van der Waals surface area contributed by atoms with Crippen LogP contribution in [0, 0.1) is 25.6 Å². The highest BCUT2D eigenvalue weighted by Gasteiger charge is 2.59. The summed E-state index contributed by atoms with van der Waals surface area (Å²) in [5.41, 5.74) is 5.28. The summed E-state index contributed by atoms with van der Waals surface area (Å²) >= 11 is 0. The molecule has 2 fully saturated rings. The van der Waals surface area contributed by atoms with E-state index in [4.69, 9.17) is 14.4 Å². The van der Waals surface area contributed by atoms with Crippen LogP contribution in [0.4, 0.5) is 10.1 Å². The molecular weight excluding hydrogens is 873 g/mol. The summed E-state index contributed by atoms with van der Waals surface area (Å²) in [6, 6.07) is 16.6. The average molecular weight is 930 g/mol. The SMILES string of the molecule is CNc1cc(-n2ccn(-c3c4c(nn3-c3cc(C)c(F)c(C)c3)CCN(C(=O)c3cc5cc(C6CCOCC6)ccc5n3[C@@]3(c5noc(=O)[nH]5)C[C@@H]3C)[C@H]4C)c2=O)ccc1P(C)(=O)C(C)(C)C. The van der Waals surface area contributed by atoms with Crippen molar-refractivity contribution in [3.05, 3.63) is 133 Å². The minimum atomic E-state index is -2.85. The highest BCUT2D eigenvalue weighted by Crippen LogP contribution is 2.57. The maximum atomic E-state index is 15.5. The molecule has 7 aromatic rings. The first kappa shape index (κ1) is 44.6. The van der Waals surface area contributed by atoms with E-state index in [0.29, 0.717) is 101 Å². The number of imidazole rings is 1. The summed E-state index contributed by atoms with van der Waals surface area (Å²) in [4.78, 5) is 47.5. The Hall–Kier alpha value is -6.25. The number of rotatable bonds is 9. The van der Waals surface area contributed by atoms with E-state index in [9.17, 15) is 14.2 Å². The molecule has 1 saturated carbocycles. The van der Waals surface area contributed by atoms with Crippen molar-refractivity contribution >= 4 is 34.9 Å². The van der Waals surface area contributed by atoms with Gasteiger partial charge in [0.05, 0.1) is 23.1 Å². The summed E-state index contributed by atoms with van der Waals surface area (Å²) in [6.07, 6.45) is 6.20. The number of hydrogen-bond donors (Lipinski definition) is 2. The fraction of sp³-hybridized carbons (Fsp3) is 0.420. The first-order valence-corrected chi connectivity index (χ1v) is 25.2. The van der Waals surface area contributed by atoms with E-state index in [1.165, 1.54) is 14.7 Å². The van der Waals surface area contributed by atoms with Crippen molar-refractivity contribution < 1.29 is 23.0 Å². The summed E-state index contributed by atoms with van der Waals surface area (Å²) in [5.74, 6) is -0.0718. The number of carbonyl (C=O) groups excluding carboxylic acids is 1. The van der Waals surface area contributed by atoms with Crippen molar-refractivity contribution in [1.29, 1.82) is 0 Å². The normalized spacial score (nSPS) is 20.8. The van der Waals surface area contributed by atoms with Crippen molar-refractivity contribution in [3.8, 4) is 17.2 Å². The molecule has 2 N–H and O–H groups in total. The van der Waals surface area contributed by atoms with Gasteiger partial charge in [-0.2, -0.15) is 5.10 Å². The Kier molecular flexibility index (Phi) is 10.6. The van der Waals surface area contributed by atoms with Crippen molar-refractivity contribution in [2.45, 2.75) is 96.8 Å². The second kappa shape index (κ2) is 15.9. The van der Waals surface area contributed by atoms with Gasteiger partial charge in [-0.25, -0.2) is 18.7 Å². The Morgan fingerprint density at radius 2 is 1.67 bits per heavy atom. The molecule has 2 aliphatic heterocycles. The molecule has 1 unspecified atom stereocenters. The van der Waals surface area contributed by atoms with Crippen LogP contribution in [0.3, 0.4) is 0 Å². The number of hydrogen-bond acceptors (Lipinski definition) is 9. The molecular formula is C50H57FN9O6P. The Balaban J connectivity index is 1.11. The van der Waals surface area contributed by atoms with Gasteiger partial charge < -0.3 is 24.1 Å². The molecule has 1 amide bonds. The molecule has 3 aliphatic rings. The summed E-state index contributed by atoms with van der Waals surface area (Å²) in [5, 5.41) is 13.6. The minimum absolute atomic E-state index is 0.0182.